The van der Waals surface area contributed by atoms with Crippen molar-refractivity contribution in [3.63, 3.8) is 0 Å². The Bertz CT molecular complexity index is 1810. The van der Waals surface area contributed by atoms with Crippen LogP contribution in [0.1, 0.15) is 82.9 Å². The lowest BCUT2D eigenvalue weighted by atomic mass is 9.91. The molecule has 10 nitrogen and oxygen atoms in total. The Hall–Kier alpha value is -5.25. The first-order chi connectivity index (χ1) is 24.2. The molecule has 2 aromatic heterocycles. The van der Waals surface area contributed by atoms with E-state index in [2.05, 4.69) is 20.3 Å². The molecular weight excluding hydrogens is 684 g/mol. The first kappa shape index (κ1) is 37.0. The molecule has 1 N–H and O–H groups in total. The largest absolute Gasteiger partial charge is 0.481 e. The predicted octanol–water partition coefficient (Wildman–Crippen LogP) is 7.84. The van der Waals surface area contributed by atoms with Gasteiger partial charge in [-0.1, -0.05) is 37.3 Å². The summed E-state index contributed by atoms with van der Waals surface area (Å²) in [5.41, 5.74) is -2.39. The number of hydrogen-bond acceptors (Lipinski definition) is 9. The number of pyridine rings is 1. The number of carbonyl (C=O) groups is 2. The number of amides is 1. The maximum atomic E-state index is 14.0. The van der Waals surface area contributed by atoms with Crippen LogP contribution in [0.3, 0.4) is 0 Å². The van der Waals surface area contributed by atoms with Crippen LogP contribution in [0.4, 0.5) is 36.8 Å². The summed E-state index contributed by atoms with van der Waals surface area (Å²) in [4.78, 5) is 40.2. The van der Waals surface area contributed by atoms with Crippen LogP contribution < -0.4 is 15.0 Å². The zero-order valence-electron chi connectivity index (χ0n) is 27.6. The molecule has 0 radical (unpaired) electrons. The Morgan fingerprint density at radius 1 is 0.922 bits per heavy atom. The standard InChI is InChI=1S/C35H33F6N5O5/c1-4-25-16-26(30-27(11-12-28(45-30)49-3)46(25)33(48)50-5-2)44-29(21-13-23(34(36,37)38)15-24(14-21)35(39,40)41)31-42-17-22(18-43-31)32(47)51-19-20-9-7-6-8-10-20/h6-15,17-18,25-26,29,44H,4-5,16,19H2,1-3H3/t25-,26+,29?/m1/s1. The Labute approximate surface area is 288 Å². The molecule has 1 aliphatic heterocycles. The van der Waals surface area contributed by atoms with E-state index in [0.29, 0.717) is 29.8 Å². The fraction of sp³-hybridized carbons (Fsp3) is 0.343. The third kappa shape index (κ3) is 8.56. The van der Waals surface area contributed by atoms with Gasteiger partial charge in [-0.15, -0.1) is 0 Å². The van der Waals surface area contributed by atoms with Crippen LogP contribution in [0.15, 0.2) is 73.1 Å². The summed E-state index contributed by atoms with van der Waals surface area (Å²) in [5, 5.41) is 3.13. The van der Waals surface area contributed by atoms with Gasteiger partial charge < -0.3 is 14.2 Å². The first-order valence-corrected chi connectivity index (χ1v) is 15.8. The number of benzene rings is 2. The molecule has 1 amide bonds. The summed E-state index contributed by atoms with van der Waals surface area (Å²) >= 11 is 0. The van der Waals surface area contributed by atoms with Crippen molar-refractivity contribution in [3.8, 4) is 5.88 Å². The third-order valence-electron chi connectivity index (χ3n) is 8.17. The maximum absolute atomic E-state index is 14.0. The molecule has 4 aromatic rings. The van der Waals surface area contributed by atoms with E-state index in [1.807, 2.05) is 6.92 Å². The molecule has 3 atom stereocenters. The van der Waals surface area contributed by atoms with Crippen LogP contribution in [0.25, 0.3) is 0 Å². The molecule has 0 bridgehead atoms. The van der Waals surface area contributed by atoms with Crippen LogP contribution in [0.5, 0.6) is 5.88 Å². The number of ether oxygens (including phenoxy) is 3. The van der Waals surface area contributed by atoms with Crippen LogP contribution in [-0.2, 0) is 28.4 Å². The fourth-order valence-electron chi connectivity index (χ4n) is 5.71. The minimum atomic E-state index is -5.13. The van der Waals surface area contributed by atoms with Gasteiger partial charge >= 0.3 is 24.4 Å². The Kier molecular flexibility index (Phi) is 11.1. The number of methoxy groups -OCH3 is 1. The molecular formula is C35H33F6N5O5. The highest BCUT2D eigenvalue weighted by atomic mass is 19.4. The number of halogens is 6. The van der Waals surface area contributed by atoms with Gasteiger partial charge in [-0.25, -0.2) is 24.5 Å². The van der Waals surface area contributed by atoms with E-state index < -0.39 is 59.2 Å². The van der Waals surface area contributed by atoms with E-state index in [9.17, 15) is 35.9 Å². The molecule has 1 unspecified atom stereocenters. The summed E-state index contributed by atoms with van der Waals surface area (Å²) in [6.07, 6.45) is -8.23. The third-order valence-corrected chi connectivity index (χ3v) is 8.17. The topological polar surface area (TPSA) is 116 Å². The van der Waals surface area contributed by atoms with E-state index >= 15 is 0 Å². The quantitative estimate of drug-likeness (QED) is 0.129. The zero-order valence-corrected chi connectivity index (χ0v) is 27.6. The summed E-state index contributed by atoms with van der Waals surface area (Å²) in [7, 11) is 1.36. The van der Waals surface area contributed by atoms with Gasteiger partial charge in [0.05, 0.1) is 53.9 Å². The van der Waals surface area contributed by atoms with Gasteiger partial charge in [-0.05, 0) is 55.2 Å². The van der Waals surface area contributed by atoms with Crippen molar-refractivity contribution in [2.24, 2.45) is 0 Å². The Balaban J connectivity index is 1.59. The van der Waals surface area contributed by atoms with Crippen molar-refractivity contribution in [3.05, 3.63) is 112 Å². The van der Waals surface area contributed by atoms with Gasteiger partial charge in [-0.3, -0.25) is 10.2 Å². The van der Waals surface area contributed by atoms with Crippen molar-refractivity contribution < 1.29 is 50.1 Å². The number of carbonyl (C=O) groups excluding carboxylic acids is 2. The van der Waals surface area contributed by atoms with E-state index in [1.54, 1.807) is 43.3 Å². The highest BCUT2D eigenvalue weighted by Gasteiger charge is 2.41. The lowest BCUT2D eigenvalue weighted by molar-refractivity contribution is -0.143. The van der Waals surface area contributed by atoms with Crippen LogP contribution in [0, 0.1) is 0 Å². The molecule has 5 rings (SSSR count). The molecule has 16 heteroatoms. The lowest BCUT2D eigenvalue weighted by Gasteiger charge is -2.40. The summed E-state index contributed by atoms with van der Waals surface area (Å²) in [5.74, 6) is -0.896. The van der Waals surface area contributed by atoms with Crippen molar-refractivity contribution in [1.29, 1.82) is 0 Å². The number of fused-ring (bicyclic) bond motifs is 1. The second kappa shape index (κ2) is 15.3. The van der Waals surface area contributed by atoms with E-state index in [4.69, 9.17) is 14.2 Å². The Morgan fingerprint density at radius 3 is 2.14 bits per heavy atom. The average Bonchev–Trinajstić information content (AvgIpc) is 3.11. The van der Waals surface area contributed by atoms with Gasteiger partial charge in [-0.2, -0.15) is 26.3 Å². The van der Waals surface area contributed by atoms with E-state index in [-0.39, 0.29) is 48.7 Å². The average molecular weight is 718 g/mol. The van der Waals surface area contributed by atoms with Gasteiger partial charge in [0, 0.05) is 24.5 Å². The van der Waals surface area contributed by atoms with Gasteiger partial charge in [0.2, 0.25) is 5.88 Å². The molecule has 270 valence electrons. The Morgan fingerprint density at radius 2 is 1.57 bits per heavy atom. The summed E-state index contributed by atoms with van der Waals surface area (Å²) < 4.78 is 100.0. The fourth-order valence-corrected chi connectivity index (χ4v) is 5.71. The zero-order chi connectivity index (χ0) is 36.9. The minimum Gasteiger partial charge on any atom is -0.481 e. The monoisotopic (exact) mass is 717 g/mol. The molecule has 51 heavy (non-hydrogen) atoms. The number of nitrogens with one attached hydrogen (secondary N) is 1. The summed E-state index contributed by atoms with van der Waals surface area (Å²) in [6, 6.07) is 10.2. The van der Waals surface area contributed by atoms with E-state index in [0.717, 1.165) is 12.4 Å². The number of rotatable bonds is 10. The van der Waals surface area contributed by atoms with Gasteiger partial charge in [0.25, 0.3) is 0 Å². The van der Waals surface area contributed by atoms with Crippen LogP contribution >= 0.6 is 0 Å². The highest BCUT2D eigenvalue weighted by Crippen LogP contribution is 2.42. The number of hydrogen-bond donors (Lipinski definition) is 1. The van der Waals surface area contributed by atoms with Crippen molar-refractivity contribution in [2.45, 2.75) is 63.8 Å². The van der Waals surface area contributed by atoms with Crippen molar-refractivity contribution in [1.82, 2.24) is 20.3 Å². The van der Waals surface area contributed by atoms with Crippen molar-refractivity contribution >= 4 is 17.7 Å². The number of esters is 1. The first-order valence-electron chi connectivity index (χ1n) is 15.8. The van der Waals surface area contributed by atoms with Gasteiger partial charge in [0.1, 0.15) is 12.4 Å². The smallest absolute Gasteiger partial charge is 0.416 e. The van der Waals surface area contributed by atoms with Crippen molar-refractivity contribution in [2.75, 3.05) is 18.6 Å². The second-order valence-electron chi connectivity index (χ2n) is 11.5. The van der Waals surface area contributed by atoms with Crippen LogP contribution in [-0.4, -0.2) is 46.8 Å². The van der Waals surface area contributed by atoms with Gasteiger partial charge in [0.15, 0.2) is 0 Å². The van der Waals surface area contributed by atoms with Crippen LogP contribution in [0.2, 0.25) is 0 Å². The van der Waals surface area contributed by atoms with E-state index in [1.165, 1.54) is 18.1 Å². The molecule has 0 saturated carbocycles. The minimum absolute atomic E-state index is 0.0277. The molecule has 0 aliphatic carbocycles. The predicted molar refractivity (Wildman–Crippen MR) is 171 cm³/mol. The molecule has 0 fully saturated rings. The molecule has 2 aromatic carbocycles. The number of alkyl halides is 6. The molecule has 1 aliphatic rings. The normalized spacial score (nSPS) is 16.6. The molecule has 0 saturated heterocycles. The molecule has 0 spiro atoms. The second-order valence-corrected chi connectivity index (χ2v) is 11.5. The number of aromatic nitrogens is 3. The highest BCUT2D eigenvalue weighted by molar-refractivity contribution is 5.90. The SMILES string of the molecule is CCOC(=O)N1c2ccc(OC)nc2[C@@H](NC(c2cc(C(F)(F)F)cc(C(F)(F)F)c2)c2ncc(C(=O)OCc3ccccc3)cn2)C[C@H]1CC. The summed E-state index contributed by atoms with van der Waals surface area (Å²) in [6.45, 7) is 3.48. The number of nitrogens with zero attached hydrogens (tertiary/aromatic N) is 4. The molecule has 3 heterocycles. The number of anilines is 1. The maximum Gasteiger partial charge on any atom is 0.416 e. The lowest BCUT2D eigenvalue weighted by Crippen LogP contribution is -2.48.